The lowest BCUT2D eigenvalue weighted by Gasteiger charge is -2.36. The van der Waals surface area contributed by atoms with Crippen LogP contribution in [0.3, 0.4) is 0 Å². The zero-order valence-electron chi connectivity index (χ0n) is 18.0. The van der Waals surface area contributed by atoms with Crippen LogP contribution in [0.2, 0.25) is 0 Å². The van der Waals surface area contributed by atoms with Crippen molar-refractivity contribution in [1.29, 1.82) is 0 Å². The van der Waals surface area contributed by atoms with Gasteiger partial charge in [0, 0.05) is 64.6 Å². The van der Waals surface area contributed by atoms with E-state index in [-0.39, 0.29) is 0 Å². The molecule has 1 aromatic carbocycles. The Kier molecular flexibility index (Phi) is 7.49. The van der Waals surface area contributed by atoms with E-state index in [1.165, 1.54) is 24.0 Å². The third-order valence-corrected chi connectivity index (χ3v) is 6.47. The van der Waals surface area contributed by atoms with Crippen molar-refractivity contribution >= 4 is 5.91 Å². The number of rotatable bonds is 7. The maximum absolute atomic E-state index is 12.8. The van der Waals surface area contributed by atoms with E-state index >= 15 is 0 Å². The predicted octanol–water partition coefficient (Wildman–Crippen LogP) is 3.42. The molecular weight excluding hydrogens is 372 g/mol. The Bertz CT molecular complexity index is 774. The van der Waals surface area contributed by atoms with Gasteiger partial charge < -0.3 is 4.90 Å². The quantitative estimate of drug-likeness (QED) is 0.706. The van der Waals surface area contributed by atoms with Crippen molar-refractivity contribution in [3.05, 3.63) is 66.0 Å². The Morgan fingerprint density at radius 1 is 0.900 bits per heavy atom. The van der Waals surface area contributed by atoms with Crippen LogP contribution in [-0.4, -0.2) is 64.9 Å². The van der Waals surface area contributed by atoms with E-state index in [0.717, 1.165) is 58.8 Å². The molecule has 1 aromatic heterocycles. The summed E-state index contributed by atoms with van der Waals surface area (Å²) in [4.78, 5) is 24.1. The van der Waals surface area contributed by atoms with Gasteiger partial charge in [0.25, 0.3) is 0 Å². The van der Waals surface area contributed by atoms with Crippen LogP contribution in [0.5, 0.6) is 0 Å². The Balaban J connectivity index is 1.17. The van der Waals surface area contributed by atoms with Crippen LogP contribution in [-0.2, 0) is 17.9 Å². The van der Waals surface area contributed by atoms with Gasteiger partial charge in [-0.2, -0.15) is 0 Å². The Morgan fingerprint density at radius 2 is 1.67 bits per heavy atom. The number of likely N-dealkylation sites (tertiary alicyclic amines) is 1. The van der Waals surface area contributed by atoms with Crippen molar-refractivity contribution in [3.8, 4) is 0 Å². The van der Waals surface area contributed by atoms with Crippen molar-refractivity contribution < 1.29 is 4.79 Å². The number of nitrogens with zero attached hydrogens (tertiary/aromatic N) is 4. The summed E-state index contributed by atoms with van der Waals surface area (Å²) in [7, 11) is 0. The number of pyridine rings is 1. The molecule has 2 saturated heterocycles. The van der Waals surface area contributed by atoms with E-state index in [4.69, 9.17) is 0 Å². The average molecular weight is 407 g/mol. The van der Waals surface area contributed by atoms with Gasteiger partial charge in [-0.3, -0.25) is 19.6 Å². The summed E-state index contributed by atoms with van der Waals surface area (Å²) < 4.78 is 0. The molecule has 1 amide bonds. The molecule has 2 aromatic rings. The van der Waals surface area contributed by atoms with Crippen molar-refractivity contribution in [2.24, 2.45) is 5.92 Å². The third-order valence-electron chi connectivity index (χ3n) is 6.47. The molecule has 160 valence electrons. The molecule has 0 radical (unpaired) electrons. The second-order valence-corrected chi connectivity index (χ2v) is 8.79. The molecule has 2 fully saturated rings. The van der Waals surface area contributed by atoms with Crippen LogP contribution in [0.1, 0.15) is 36.8 Å². The highest BCUT2D eigenvalue weighted by Crippen LogP contribution is 2.23. The van der Waals surface area contributed by atoms with Crippen LogP contribution in [0.15, 0.2) is 54.9 Å². The molecule has 30 heavy (non-hydrogen) atoms. The van der Waals surface area contributed by atoms with Gasteiger partial charge >= 0.3 is 0 Å². The fourth-order valence-electron chi connectivity index (χ4n) is 4.76. The first-order valence-corrected chi connectivity index (χ1v) is 11.4. The summed E-state index contributed by atoms with van der Waals surface area (Å²) in [5.41, 5.74) is 2.63. The number of piperidine rings is 1. The highest BCUT2D eigenvalue weighted by molar-refractivity contribution is 5.76. The number of aromatic nitrogens is 1. The fraction of sp³-hybridized carbons (Fsp3) is 0.520. The summed E-state index contributed by atoms with van der Waals surface area (Å²) in [5, 5.41) is 0. The van der Waals surface area contributed by atoms with Gasteiger partial charge in [0.2, 0.25) is 5.91 Å². The van der Waals surface area contributed by atoms with Gasteiger partial charge in [0.1, 0.15) is 0 Å². The van der Waals surface area contributed by atoms with E-state index in [1.807, 2.05) is 18.5 Å². The molecule has 0 saturated carbocycles. The van der Waals surface area contributed by atoms with Gasteiger partial charge in [0.15, 0.2) is 0 Å². The maximum atomic E-state index is 12.8. The summed E-state index contributed by atoms with van der Waals surface area (Å²) in [6, 6.07) is 14.8. The monoisotopic (exact) mass is 406 g/mol. The lowest BCUT2D eigenvalue weighted by molar-refractivity contribution is -0.133. The molecule has 2 aliphatic heterocycles. The standard InChI is InChI=1S/C25H34N4O/c30-25(29-16-14-27(15-17-29)19-22-6-2-1-3-7-22)11-10-23-9-5-13-28(20-23)21-24-8-4-12-26-18-24/h1-4,6-8,12,18,23H,5,9-11,13-17,19-21H2. The first-order valence-electron chi connectivity index (χ1n) is 11.4. The fourth-order valence-corrected chi connectivity index (χ4v) is 4.76. The molecule has 5 nitrogen and oxygen atoms in total. The molecule has 0 N–H and O–H groups in total. The maximum Gasteiger partial charge on any atom is 0.222 e. The number of carbonyl (C=O) groups excluding carboxylic acids is 1. The van der Waals surface area contributed by atoms with Crippen LogP contribution >= 0.6 is 0 Å². The number of benzene rings is 1. The second-order valence-electron chi connectivity index (χ2n) is 8.79. The topological polar surface area (TPSA) is 39.7 Å². The number of carbonyl (C=O) groups is 1. The Hall–Kier alpha value is -2.24. The van der Waals surface area contributed by atoms with E-state index in [0.29, 0.717) is 18.2 Å². The van der Waals surface area contributed by atoms with Crippen molar-refractivity contribution in [3.63, 3.8) is 0 Å². The van der Waals surface area contributed by atoms with Gasteiger partial charge in [0.05, 0.1) is 0 Å². The molecule has 1 unspecified atom stereocenters. The Morgan fingerprint density at radius 3 is 2.43 bits per heavy atom. The predicted molar refractivity (Wildman–Crippen MR) is 120 cm³/mol. The van der Waals surface area contributed by atoms with Crippen molar-refractivity contribution in [2.45, 2.75) is 38.8 Å². The number of piperazine rings is 1. The van der Waals surface area contributed by atoms with Gasteiger partial charge in [-0.15, -0.1) is 0 Å². The molecule has 2 aliphatic rings. The van der Waals surface area contributed by atoms with Crippen LogP contribution < -0.4 is 0 Å². The van der Waals surface area contributed by atoms with Gasteiger partial charge in [-0.25, -0.2) is 0 Å². The summed E-state index contributed by atoms with van der Waals surface area (Å²) in [5.74, 6) is 0.984. The normalized spacial score (nSPS) is 20.9. The average Bonchev–Trinajstić information content (AvgIpc) is 2.80. The molecule has 3 heterocycles. The smallest absolute Gasteiger partial charge is 0.222 e. The second kappa shape index (κ2) is 10.7. The summed E-state index contributed by atoms with van der Waals surface area (Å²) in [6.07, 6.45) is 8.00. The first kappa shape index (κ1) is 21.0. The third kappa shape index (κ3) is 6.13. The van der Waals surface area contributed by atoms with E-state index in [1.54, 1.807) is 0 Å². The minimum absolute atomic E-state index is 0.346. The van der Waals surface area contributed by atoms with Crippen LogP contribution in [0.4, 0.5) is 0 Å². The number of hydrogen-bond acceptors (Lipinski definition) is 4. The molecular formula is C25H34N4O. The van der Waals surface area contributed by atoms with Crippen molar-refractivity contribution in [1.82, 2.24) is 19.7 Å². The largest absolute Gasteiger partial charge is 0.340 e. The first-order chi connectivity index (χ1) is 14.8. The summed E-state index contributed by atoms with van der Waals surface area (Å²) >= 11 is 0. The zero-order chi connectivity index (χ0) is 20.6. The van der Waals surface area contributed by atoms with Gasteiger partial charge in [-0.1, -0.05) is 36.4 Å². The molecule has 0 aliphatic carbocycles. The summed E-state index contributed by atoms with van der Waals surface area (Å²) in [6.45, 7) is 7.90. The number of hydrogen-bond donors (Lipinski definition) is 0. The minimum Gasteiger partial charge on any atom is -0.340 e. The van der Waals surface area contributed by atoms with E-state index < -0.39 is 0 Å². The Labute approximate surface area is 180 Å². The highest BCUT2D eigenvalue weighted by Gasteiger charge is 2.24. The lowest BCUT2D eigenvalue weighted by Crippen LogP contribution is -2.48. The minimum atomic E-state index is 0.346. The molecule has 0 bridgehead atoms. The SMILES string of the molecule is O=C(CCC1CCCN(Cc2cccnc2)C1)N1CCN(Cc2ccccc2)CC1. The van der Waals surface area contributed by atoms with Crippen LogP contribution in [0.25, 0.3) is 0 Å². The highest BCUT2D eigenvalue weighted by atomic mass is 16.2. The van der Waals surface area contributed by atoms with Crippen molar-refractivity contribution in [2.75, 3.05) is 39.3 Å². The molecule has 4 rings (SSSR count). The molecule has 5 heteroatoms. The lowest BCUT2D eigenvalue weighted by atomic mass is 9.93. The van der Waals surface area contributed by atoms with E-state index in [2.05, 4.69) is 56.1 Å². The molecule has 0 spiro atoms. The van der Waals surface area contributed by atoms with Crippen LogP contribution in [0, 0.1) is 5.92 Å². The molecule has 1 atom stereocenters. The zero-order valence-corrected chi connectivity index (χ0v) is 18.0. The number of amides is 1. The van der Waals surface area contributed by atoms with Gasteiger partial charge in [-0.05, 0) is 48.9 Å². The van der Waals surface area contributed by atoms with E-state index in [9.17, 15) is 4.79 Å².